The average molecular weight is 270 g/mol. The Hall–Kier alpha value is -0.120. The van der Waals surface area contributed by atoms with Crippen LogP contribution in [-0.2, 0) is 4.74 Å². The van der Waals surface area contributed by atoms with Crippen LogP contribution in [0.1, 0.15) is 53.9 Å². The van der Waals surface area contributed by atoms with Crippen molar-refractivity contribution < 1.29 is 4.74 Å². The highest BCUT2D eigenvalue weighted by atomic mass is 16.5. The molecule has 3 unspecified atom stereocenters. The van der Waals surface area contributed by atoms with Crippen LogP contribution >= 0.6 is 0 Å². The quantitative estimate of drug-likeness (QED) is 0.734. The SMILES string of the molecule is CCCC1CN(CCOC(C)C)C(C(C)CC)CN1. The monoisotopic (exact) mass is 270 g/mol. The lowest BCUT2D eigenvalue weighted by atomic mass is 9.93. The lowest BCUT2D eigenvalue weighted by Crippen LogP contribution is -2.59. The zero-order chi connectivity index (χ0) is 14.3. The summed E-state index contributed by atoms with van der Waals surface area (Å²) in [5.74, 6) is 0.758. The highest BCUT2D eigenvalue weighted by molar-refractivity contribution is 4.88. The van der Waals surface area contributed by atoms with E-state index in [-0.39, 0.29) is 0 Å². The minimum atomic E-state index is 0.344. The van der Waals surface area contributed by atoms with Crippen LogP contribution in [-0.4, -0.2) is 49.3 Å². The van der Waals surface area contributed by atoms with Crippen molar-refractivity contribution in [2.24, 2.45) is 5.92 Å². The summed E-state index contributed by atoms with van der Waals surface area (Å²) >= 11 is 0. The van der Waals surface area contributed by atoms with E-state index in [2.05, 4.69) is 44.8 Å². The summed E-state index contributed by atoms with van der Waals surface area (Å²) in [5.41, 5.74) is 0. The normalized spacial score (nSPS) is 26.8. The topological polar surface area (TPSA) is 24.5 Å². The molecule has 1 saturated heterocycles. The van der Waals surface area contributed by atoms with Gasteiger partial charge in [0.2, 0.25) is 0 Å². The van der Waals surface area contributed by atoms with E-state index >= 15 is 0 Å². The Morgan fingerprint density at radius 3 is 2.58 bits per heavy atom. The van der Waals surface area contributed by atoms with Gasteiger partial charge in [-0.2, -0.15) is 0 Å². The number of ether oxygens (including phenoxy) is 1. The Morgan fingerprint density at radius 2 is 2.00 bits per heavy atom. The largest absolute Gasteiger partial charge is 0.377 e. The summed E-state index contributed by atoms with van der Waals surface area (Å²) < 4.78 is 5.74. The second kappa shape index (κ2) is 8.93. The molecular formula is C16H34N2O. The van der Waals surface area contributed by atoms with Gasteiger partial charge in [-0.3, -0.25) is 4.90 Å². The fraction of sp³-hybridized carbons (Fsp3) is 1.00. The molecule has 3 nitrogen and oxygen atoms in total. The molecule has 0 amide bonds. The van der Waals surface area contributed by atoms with E-state index in [4.69, 9.17) is 4.74 Å². The van der Waals surface area contributed by atoms with Crippen LogP contribution in [0.2, 0.25) is 0 Å². The van der Waals surface area contributed by atoms with Crippen molar-refractivity contribution >= 4 is 0 Å². The molecule has 0 spiro atoms. The molecule has 1 rings (SSSR count). The standard InChI is InChI=1S/C16H34N2O/c1-6-8-15-12-18(9-10-19-13(3)4)16(11-17-15)14(5)7-2/h13-17H,6-12H2,1-5H3. The molecule has 0 aromatic rings. The highest BCUT2D eigenvalue weighted by Crippen LogP contribution is 2.19. The Morgan fingerprint density at radius 1 is 1.26 bits per heavy atom. The first kappa shape index (κ1) is 16.9. The maximum Gasteiger partial charge on any atom is 0.0597 e. The molecule has 0 aromatic heterocycles. The number of hydrogen-bond acceptors (Lipinski definition) is 3. The fourth-order valence-electron chi connectivity index (χ4n) is 2.94. The molecule has 0 aromatic carbocycles. The average Bonchev–Trinajstić information content (AvgIpc) is 2.38. The van der Waals surface area contributed by atoms with Crippen LogP contribution in [0.5, 0.6) is 0 Å². The van der Waals surface area contributed by atoms with Crippen LogP contribution in [0.3, 0.4) is 0 Å². The molecule has 1 N–H and O–H groups in total. The maximum absolute atomic E-state index is 5.74. The fourth-order valence-corrected chi connectivity index (χ4v) is 2.94. The van der Waals surface area contributed by atoms with E-state index in [1.807, 2.05) is 0 Å². The van der Waals surface area contributed by atoms with Gasteiger partial charge in [0.05, 0.1) is 12.7 Å². The number of nitrogens with zero attached hydrogens (tertiary/aromatic N) is 1. The van der Waals surface area contributed by atoms with Gasteiger partial charge in [-0.15, -0.1) is 0 Å². The van der Waals surface area contributed by atoms with Crippen molar-refractivity contribution in [1.82, 2.24) is 10.2 Å². The molecular weight excluding hydrogens is 236 g/mol. The Kier molecular flexibility index (Phi) is 7.96. The Bertz CT molecular complexity index is 233. The van der Waals surface area contributed by atoms with E-state index in [1.165, 1.54) is 25.8 Å². The van der Waals surface area contributed by atoms with E-state index in [1.54, 1.807) is 0 Å². The molecule has 1 aliphatic rings. The number of rotatable bonds is 8. The molecule has 0 saturated carbocycles. The number of hydrogen-bond donors (Lipinski definition) is 1. The van der Waals surface area contributed by atoms with E-state index in [0.717, 1.165) is 25.6 Å². The second-order valence-corrected chi connectivity index (χ2v) is 6.26. The van der Waals surface area contributed by atoms with Crippen LogP contribution in [0.25, 0.3) is 0 Å². The molecule has 3 heteroatoms. The highest BCUT2D eigenvalue weighted by Gasteiger charge is 2.30. The Labute approximate surface area is 120 Å². The summed E-state index contributed by atoms with van der Waals surface area (Å²) in [6.45, 7) is 15.4. The van der Waals surface area contributed by atoms with Gasteiger partial charge in [0.1, 0.15) is 0 Å². The van der Waals surface area contributed by atoms with Gasteiger partial charge >= 0.3 is 0 Å². The third-order valence-electron chi connectivity index (χ3n) is 4.31. The summed E-state index contributed by atoms with van der Waals surface area (Å²) in [7, 11) is 0. The van der Waals surface area contributed by atoms with Gasteiger partial charge in [-0.05, 0) is 26.2 Å². The van der Waals surface area contributed by atoms with Gasteiger partial charge < -0.3 is 10.1 Å². The molecule has 114 valence electrons. The first-order chi connectivity index (χ1) is 9.08. The summed E-state index contributed by atoms with van der Waals surface area (Å²) in [6.07, 6.45) is 4.15. The van der Waals surface area contributed by atoms with Crippen LogP contribution in [0.4, 0.5) is 0 Å². The molecule has 1 aliphatic heterocycles. The van der Waals surface area contributed by atoms with Crippen LogP contribution in [0.15, 0.2) is 0 Å². The predicted molar refractivity (Wildman–Crippen MR) is 82.6 cm³/mol. The van der Waals surface area contributed by atoms with Crippen molar-refractivity contribution in [3.8, 4) is 0 Å². The van der Waals surface area contributed by atoms with Crippen LogP contribution < -0.4 is 5.32 Å². The van der Waals surface area contributed by atoms with Crippen LogP contribution in [0, 0.1) is 5.92 Å². The smallest absolute Gasteiger partial charge is 0.0597 e. The summed E-state index contributed by atoms with van der Waals surface area (Å²) in [6, 6.07) is 1.35. The van der Waals surface area contributed by atoms with Crippen molar-refractivity contribution in [2.45, 2.75) is 72.1 Å². The van der Waals surface area contributed by atoms with Gasteiger partial charge in [-0.25, -0.2) is 0 Å². The molecule has 1 heterocycles. The molecule has 3 atom stereocenters. The maximum atomic E-state index is 5.74. The van der Waals surface area contributed by atoms with Crippen molar-refractivity contribution in [1.29, 1.82) is 0 Å². The van der Waals surface area contributed by atoms with Gasteiger partial charge in [0.15, 0.2) is 0 Å². The minimum Gasteiger partial charge on any atom is -0.377 e. The Balaban J connectivity index is 2.49. The molecule has 0 radical (unpaired) electrons. The molecule has 1 fully saturated rings. The van der Waals surface area contributed by atoms with Crippen molar-refractivity contribution in [2.75, 3.05) is 26.2 Å². The zero-order valence-electron chi connectivity index (χ0n) is 13.6. The molecule has 19 heavy (non-hydrogen) atoms. The van der Waals surface area contributed by atoms with Gasteiger partial charge in [0.25, 0.3) is 0 Å². The lowest BCUT2D eigenvalue weighted by molar-refractivity contribution is 0.0240. The third-order valence-corrected chi connectivity index (χ3v) is 4.31. The zero-order valence-corrected chi connectivity index (χ0v) is 13.6. The van der Waals surface area contributed by atoms with Gasteiger partial charge in [-0.1, -0.05) is 33.6 Å². The minimum absolute atomic E-state index is 0.344. The first-order valence-electron chi connectivity index (χ1n) is 8.17. The van der Waals surface area contributed by atoms with Crippen molar-refractivity contribution in [3.63, 3.8) is 0 Å². The summed E-state index contributed by atoms with van der Waals surface area (Å²) in [5, 5.41) is 3.73. The first-order valence-corrected chi connectivity index (χ1v) is 8.17. The molecule has 0 bridgehead atoms. The molecule has 0 aliphatic carbocycles. The second-order valence-electron chi connectivity index (χ2n) is 6.26. The van der Waals surface area contributed by atoms with E-state index < -0.39 is 0 Å². The van der Waals surface area contributed by atoms with Crippen molar-refractivity contribution in [3.05, 3.63) is 0 Å². The lowest BCUT2D eigenvalue weighted by Gasteiger charge is -2.43. The number of piperazine rings is 1. The summed E-state index contributed by atoms with van der Waals surface area (Å²) in [4.78, 5) is 2.66. The van der Waals surface area contributed by atoms with Gasteiger partial charge in [0, 0.05) is 31.7 Å². The van der Waals surface area contributed by atoms with E-state index in [9.17, 15) is 0 Å². The third kappa shape index (κ3) is 5.80. The predicted octanol–water partition coefficient (Wildman–Crippen LogP) is 2.90. The number of nitrogens with one attached hydrogen (secondary N) is 1. The van der Waals surface area contributed by atoms with E-state index in [0.29, 0.717) is 18.2 Å².